The van der Waals surface area contributed by atoms with Gasteiger partial charge in [-0.25, -0.2) is 4.79 Å². The predicted molar refractivity (Wildman–Crippen MR) is 60.1 cm³/mol. The van der Waals surface area contributed by atoms with Gasteiger partial charge in [0.1, 0.15) is 0 Å². The van der Waals surface area contributed by atoms with Crippen LogP contribution in [0.5, 0.6) is 0 Å². The van der Waals surface area contributed by atoms with Gasteiger partial charge in [0.2, 0.25) is 0 Å². The molecule has 0 saturated carbocycles. The fraction of sp³-hybridized carbons (Fsp3) is 0.364. The van der Waals surface area contributed by atoms with Crippen LogP contribution in [0.4, 0.5) is 10.5 Å². The number of nitrogens with zero attached hydrogens (tertiary/aromatic N) is 1. The van der Waals surface area contributed by atoms with E-state index in [9.17, 15) is 4.79 Å². The Labute approximate surface area is 89.3 Å². The topological polar surface area (TPSA) is 66.6 Å². The first-order valence-corrected chi connectivity index (χ1v) is 4.77. The molecule has 0 atom stereocenters. The standard InChI is InChI=1S/C11H16N2O2/c1-11(2,8-12)13(10(14)15)9-6-4-3-5-7-9/h3-7H,8,12H2,1-2H3,(H,14,15). The second-order valence-electron chi connectivity index (χ2n) is 3.97. The molecule has 0 aliphatic rings. The summed E-state index contributed by atoms with van der Waals surface area (Å²) in [5.41, 5.74) is 5.61. The van der Waals surface area contributed by atoms with Crippen LogP contribution in [0.15, 0.2) is 30.3 Å². The third-order valence-electron chi connectivity index (χ3n) is 2.31. The predicted octanol–water partition coefficient (Wildman–Crippen LogP) is 1.91. The molecule has 1 amide bonds. The van der Waals surface area contributed by atoms with Gasteiger partial charge in [-0.1, -0.05) is 18.2 Å². The first kappa shape index (κ1) is 11.5. The van der Waals surface area contributed by atoms with Gasteiger partial charge in [0.25, 0.3) is 0 Å². The normalized spacial score (nSPS) is 11.1. The summed E-state index contributed by atoms with van der Waals surface area (Å²) in [4.78, 5) is 12.5. The molecule has 1 aromatic rings. The van der Waals surface area contributed by atoms with Crippen LogP contribution >= 0.6 is 0 Å². The summed E-state index contributed by atoms with van der Waals surface area (Å²) in [6, 6.07) is 8.96. The fourth-order valence-corrected chi connectivity index (χ4v) is 1.39. The van der Waals surface area contributed by atoms with Crippen molar-refractivity contribution in [1.29, 1.82) is 0 Å². The quantitative estimate of drug-likeness (QED) is 0.797. The molecule has 0 bridgehead atoms. The minimum absolute atomic E-state index is 0.272. The number of anilines is 1. The van der Waals surface area contributed by atoms with Gasteiger partial charge in [-0.2, -0.15) is 0 Å². The Morgan fingerprint density at radius 1 is 1.40 bits per heavy atom. The number of hydrogen-bond acceptors (Lipinski definition) is 2. The van der Waals surface area contributed by atoms with Crippen LogP contribution in [0.2, 0.25) is 0 Å². The zero-order valence-corrected chi connectivity index (χ0v) is 8.97. The Morgan fingerprint density at radius 3 is 2.33 bits per heavy atom. The van der Waals surface area contributed by atoms with E-state index < -0.39 is 11.6 Å². The molecule has 0 saturated heterocycles. The molecule has 1 rings (SSSR count). The van der Waals surface area contributed by atoms with Crippen molar-refractivity contribution >= 4 is 11.8 Å². The van der Waals surface area contributed by atoms with E-state index in [-0.39, 0.29) is 6.54 Å². The third kappa shape index (κ3) is 2.47. The van der Waals surface area contributed by atoms with E-state index in [0.29, 0.717) is 5.69 Å². The molecule has 0 radical (unpaired) electrons. The molecule has 4 heteroatoms. The van der Waals surface area contributed by atoms with Crippen molar-refractivity contribution in [2.45, 2.75) is 19.4 Å². The minimum atomic E-state index is -0.989. The fourth-order valence-electron chi connectivity index (χ4n) is 1.39. The average molecular weight is 208 g/mol. The van der Waals surface area contributed by atoms with Crippen molar-refractivity contribution in [3.63, 3.8) is 0 Å². The molecule has 82 valence electrons. The van der Waals surface area contributed by atoms with Gasteiger partial charge in [-0.3, -0.25) is 4.90 Å². The number of benzene rings is 1. The van der Waals surface area contributed by atoms with Crippen LogP contribution in [-0.4, -0.2) is 23.3 Å². The van der Waals surface area contributed by atoms with Crippen molar-refractivity contribution in [2.75, 3.05) is 11.4 Å². The molecule has 4 nitrogen and oxygen atoms in total. The summed E-state index contributed by atoms with van der Waals surface area (Å²) in [7, 11) is 0. The number of nitrogens with two attached hydrogens (primary N) is 1. The second-order valence-corrected chi connectivity index (χ2v) is 3.97. The summed E-state index contributed by atoms with van der Waals surface area (Å²) < 4.78 is 0. The molecule has 0 spiro atoms. The van der Waals surface area contributed by atoms with Crippen molar-refractivity contribution in [3.8, 4) is 0 Å². The largest absolute Gasteiger partial charge is 0.465 e. The highest BCUT2D eigenvalue weighted by atomic mass is 16.4. The zero-order valence-electron chi connectivity index (χ0n) is 8.97. The Morgan fingerprint density at radius 2 is 1.93 bits per heavy atom. The van der Waals surface area contributed by atoms with Crippen LogP contribution in [0.1, 0.15) is 13.8 Å². The summed E-state index contributed by atoms with van der Waals surface area (Å²) >= 11 is 0. The van der Waals surface area contributed by atoms with Gasteiger partial charge in [-0.15, -0.1) is 0 Å². The van der Waals surface area contributed by atoms with Gasteiger partial charge in [0.15, 0.2) is 0 Å². The van der Waals surface area contributed by atoms with E-state index in [4.69, 9.17) is 10.8 Å². The zero-order chi connectivity index (χ0) is 11.5. The maximum absolute atomic E-state index is 11.2. The number of carboxylic acid groups (broad SMARTS) is 1. The molecule has 1 aromatic carbocycles. The van der Waals surface area contributed by atoms with Crippen LogP contribution in [-0.2, 0) is 0 Å². The van der Waals surface area contributed by atoms with E-state index in [2.05, 4.69) is 0 Å². The highest BCUT2D eigenvalue weighted by Gasteiger charge is 2.30. The molecule has 0 aliphatic carbocycles. The molecular formula is C11H16N2O2. The molecular weight excluding hydrogens is 192 g/mol. The molecule has 0 aliphatic heterocycles. The summed E-state index contributed by atoms with van der Waals surface area (Å²) in [5.74, 6) is 0. The summed E-state index contributed by atoms with van der Waals surface area (Å²) in [5, 5.41) is 9.16. The van der Waals surface area contributed by atoms with Crippen molar-refractivity contribution < 1.29 is 9.90 Å². The van der Waals surface area contributed by atoms with E-state index in [1.807, 2.05) is 6.07 Å². The third-order valence-corrected chi connectivity index (χ3v) is 2.31. The maximum Gasteiger partial charge on any atom is 0.412 e. The monoisotopic (exact) mass is 208 g/mol. The molecule has 15 heavy (non-hydrogen) atoms. The lowest BCUT2D eigenvalue weighted by Gasteiger charge is -2.35. The van der Waals surface area contributed by atoms with E-state index in [1.54, 1.807) is 38.1 Å². The second kappa shape index (κ2) is 4.31. The number of hydrogen-bond donors (Lipinski definition) is 2. The molecule has 0 heterocycles. The van der Waals surface area contributed by atoms with Crippen molar-refractivity contribution in [3.05, 3.63) is 30.3 Å². The van der Waals surface area contributed by atoms with Crippen molar-refractivity contribution in [2.24, 2.45) is 5.73 Å². The molecule has 3 N–H and O–H groups in total. The van der Waals surface area contributed by atoms with Gasteiger partial charge in [-0.05, 0) is 26.0 Å². The summed E-state index contributed by atoms with van der Waals surface area (Å²) in [6.45, 7) is 3.87. The lowest BCUT2D eigenvalue weighted by atomic mass is 10.0. The highest BCUT2D eigenvalue weighted by molar-refractivity contribution is 5.87. The van der Waals surface area contributed by atoms with Crippen LogP contribution in [0.3, 0.4) is 0 Å². The highest BCUT2D eigenvalue weighted by Crippen LogP contribution is 2.23. The van der Waals surface area contributed by atoms with E-state index >= 15 is 0 Å². The lowest BCUT2D eigenvalue weighted by molar-refractivity contribution is 0.195. The van der Waals surface area contributed by atoms with E-state index in [1.165, 1.54) is 4.90 Å². The maximum atomic E-state index is 11.2. The summed E-state index contributed by atoms with van der Waals surface area (Å²) in [6.07, 6.45) is -0.989. The smallest absolute Gasteiger partial charge is 0.412 e. The first-order valence-electron chi connectivity index (χ1n) is 4.77. The number of carbonyl (C=O) groups is 1. The number of rotatable bonds is 3. The Hall–Kier alpha value is -1.55. The Balaban J connectivity index is 3.10. The van der Waals surface area contributed by atoms with Crippen LogP contribution in [0, 0.1) is 0 Å². The number of para-hydroxylation sites is 1. The number of amides is 1. The van der Waals surface area contributed by atoms with Gasteiger partial charge in [0.05, 0.1) is 5.54 Å². The SMILES string of the molecule is CC(C)(CN)N(C(=O)O)c1ccccc1. The van der Waals surface area contributed by atoms with Gasteiger partial charge < -0.3 is 10.8 Å². The van der Waals surface area contributed by atoms with E-state index in [0.717, 1.165) is 0 Å². The van der Waals surface area contributed by atoms with Crippen molar-refractivity contribution in [1.82, 2.24) is 0 Å². The van der Waals surface area contributed by atoms with Crippen LogP contribution in [0.25, 0.3) is 0 Å². The first-order chi connectivity index (χ1) is 6.99. The van der Waals surface area contributed by atoms with Crippen LogP contribution < -0.4 is 10.6 Å². The Bertz CT molecular complexity index is 336. The molecule has 0 fully saturated rings. The van der Waals surface area contributed by atoms with Gasteiger partial charge in [0, 0.05) is 12.2 Å². The molecule has 0 unspecified atom stereocenters. The minimum Gasteiger partial charge on any atom is -0.465 e. The lowest BCUT2D eigenvalue weighted by Crippen LogP contribution is -2.52. The average Bonchev–Trinajstić information content (AvgIpc) is 2.18. The Kier molecular flexibility index (Phi) is 3.31. The molecule has 0 aromatic heterocycles. The van der Waals surface area contributed by atoms with Gasteiger partial charge >= 0.3 is 6.09 Å².